The maximum Gasteiger partial charge on any atom is 0.0954 e. The third kappa shape index (κ3) is 3.30. The fourth-order valence-electron chi connectivity index (χ4n) is 3.00. The van der Waals surface area contributed by atoms with E-state index in [-0.39, 0.29) is 0 Å². The maximum atomic E-state index is 6.06. The molecular formula is C16H21BrN4. The Morgan fingerprint density at radius 3 is 2.90 bits per heavy atom. The molecule has 112 valence electrons. The van der Waals surface area contributed by atoms with E-state index in [4.69, 9.17) is 5.73 Å². The zero-order valence-electron chi connectivity index (χ0n) is 12.3. The van der Waals surface area contributed by atoms with Crippen LogP contribution in [-0.4, -0.2) is 35.6 Å². The van der Waals surface area contributed by atoms with Gasteiger partial charge in [0.1, 0.15) is 0 Å². The highest BCUT2D eigenvalue weighted by Crippen LogP contribution is 2.29. The van der Waals surface area contributed by atoms with Crippen molar-refractivity contribution in [1.29, 1.82) is 0 Å². The number of benzene rings is 1. The van der Waals surface area contributed by atoms with E-state index in [1.54, 1.807) is 0 Å². The number of fused-ring (bicyclic) bond motifs is 1. The van der Waals surface area contributed by atoms with E-state index in [1.807, 2.05) is 24.4 Å². The summed E-state index contributed by atoms with van der Waals surface area (Å²) in [6.45, 7) is 5.74. The Labute approximate surface area is 133 Å². The topological polar surface area (TPSA) is 54.2 Å². The molecule has 1 aromatic heterocycles. The largest absolute Gasteiger partial charge is 0.398 e. The number of pyridine rings is 1. The van der Waals surface area contributed by atoms with Crippen LogP contribution < -0.4 is 11.1 Å². The fourth-order valence-corrected chi connectivity index (χ4v) is 3.33. The highest BCUT2D eigenvalue weighted by atomic mass is 79.9. The third-order valence-corrected chi connectivity index (χ3v) is 4.42. The molecule has 2 heterocycles. The highest BCUT2D eigenvalue weighted by Gasteiger charge is 2.15. The van der Waals surface area contributed by atoms with Crippen LogP contribution in [0.3, 0.4) is 0 Å². The lowest BCUT2D eigenvalue weighted by Crippen LogP contribution is -2.33. The van der Waals surface area contributed by atoms with Gasteiger partial charge < -0.3 is 16.0 Å². The van der Waals surface area contributed by atoms with Gasteiger partial charge in [0.15, 0.2) is 0 Å². The molecule has 2 aromatic rings. The zero-order chi connectivity index (χ0) is 14.8. The second-order valence-corrected chi connectivity index (χ2v) is 6.72. The molecular weight excluding hydrogens is 328 g/mol. The van der Waals surface area contributed by atoms with Crippen molar-refractivity contribution in [1.82, 2.24) is 9.88 Å². The van der Waals surface area contributed by atoms with Crippen LogP contribution in [0.1, 0.15) is 19.8 Å². The Bertz CT molecular complexity index is 637. The standard InChI is InChI=1S/C16H21BrN4/c1-11(10-21-6-2-3-7-21)20-15-5-4-14(18)13-8-12(17)9-19-16(13)15/h4-5,8-9,11,20H,2-3,6-7,10,18H2,1H3. The van der Waals surface area contributed by atoms with Gasteiger partial charge in [-0.05, 0) is 67.0 Å². The molecule has 1 fully saturated rings. The number of hydrogen-bond donors (Lipinski definition) is 2. The Balaban J connectivity index is 1.81. The summed E-state index contributed by atoms with van der Waals surface area (Å²) in [4.78, 5) is 7.04. The van der Waals surface area contributed by atoms with Crippen molar-refractivity contribution in [2.75, 3.05) is 30.7 Å². The van der Waals surface area contributed by atoms with Crippen molar-refractivity contribution in [3.05, 3.63) is 28.9 Å². The SMILES string of the molecule is CC(CN1CCCC1)Nc1ccc(N)c2cc(Br)cnc12. The summed E-state index contributed by atoms with van der Waals surface area (Å²) < 4.78 is 0.948. The van der Waals surface area contributed by atoms with Gasteiger partial charge >= 0.3 is 0 Å². The van der Waals surface area contributed by atoms with Crippen molar-refractivity contribution in [2.45, 2.75) is 25.8 Å². The van der Waals surface area contributed by atoms with Gasteiger partial charge in [-0.2, -0.15) is 0 Å². The van der Waals surface area contributed by atoms with Crippen LogP contribution >= 0.6 is 15.9 Å². The molecule has 0 spiro atoms. The number of nitrogens with one attached hydrogen (secondary N) is 1. The minimum absolute atomic E-state index is 0.389. The number of likely N-dealkylation sites (tertiary alicyclic amines) is 1. The molecule has 0 aliphatic carbocycles. The van der Waals surface area contributed by atoms with Gasteiger partial charge in [0.05, 0.1) is 11.2 Å². The number of rotatable bonds is 4. The molecule has 0 saturated carbocycles. The van der Waals surface area contributed by atoms with E-state index >= 15 is 0 Å². The number of nitrogens with zero attached hydrogens (tertiary/aromatic N) is 2. The monoisotopic (exact) mass is 348 g/mol. The second-order valence-electron chi connectivity index (χ2n) is 5.81. The first kappa shape index (κ1) is 14.6. The molecule has 21 heavy (non-hydrogen) atoms. The smallest absolute Gasteiger partial charge is 0.0954 e. The van der Waals surface area contributed by atoms with Gasteiger partial charge in [0.2, 0.25) is 0 Å². The summed E-state index contributed by atoms with van der Waals surface area (Å²) in [5.74, 6) is 0. The van der Waals surface area contributed by atoms with Crippen molar-refractivity contribution in [3.8, 4) is 0 Å². The van der Waals surface area contributed by atoms with E-state index in [0.29, 0.717) is 6.04 Å². The van der Waals surface area contributed by atoms with Crippen molar-refractivity contribution >= 4 is 38.2 Å². The second kappa shape index (κ2) is 6.20. The molecule has 1 saturated heterocycles. The van der Waals surface area contributed by atoms with Gasteiger partial charge in [-0.25, -0.2) is 0 Å². The average Bonchev–Trinajstić information content (AvgIpc) is 2.95. The summed E-state index contributed by atoms with van der Waals surface area (Å²) >= 11 is 3.46. The molecule has 5 heteroatoms. The molecule has 0 amide bonds. The van der Waals surface area contributed by atoms with E-state index < -0.39 is 0 Å². The van der Waals surface area contributed by atoms with Crippen molar-refractivity contribution in [3.63, 3.8) is 0 Å². The third-order valence-electron chi connectivity index (χ3n) is 3.98. The Morgan fingerprint density at radius 1 is 1.38 bits per heavy atom. The van der Waals surface area contributed by atoms with E-state index in [1.165, 1.54) is 25.9 Å². The fraction of sp³-hybridized carbons (Fsp3) is 0.438. The van der Waals surface area contributed by atoms with Crippen LogP contribution in [0.15, 0.2) is 28.9 Å². The number of nitrogen functional groups attached to an aromatic ring is 1. The summed E-state index contributed by atoms with van der Waals surface area (Å²) in [5.41, 5.74) is 8.81. The Hall–Kier alpha value is -1.33. The summed E-state index contributed by atoms with van der Waals surface area (Å²) in [5, 5.41) is 4.57. The minimum atomic E-state index is 0.389. The number of halogens is 1. The zero-order valence-corrected chi connectivity index (χ0v) is 13.9. The molecule has 0 bridgehead atoms. The number of anilines is 2. The molecule has 3 N–H and O–H groups in total. The van der Waals surface area contributed by atoms with E-state index in [0.717, 1.165) is 33.3 Å². The van der Waals surface area contributed by atoms with Crippen molar-refractivity contribution in [2.24, 2.45) is 0 Å². The normalized spacial score (nSPS) is 17.2. The molecule has 1 atom stereocenters. The lowest BCUT2D eigenvalue weighted by molar-refractivity contribution is 0.328. The predicted octanol–water partition coefficient (Wildman–Crippen LogP) is 3.48. The predicted molar refractivity (Wildman–Crippen MR) is 92.6 cm³/mol. The lowest BCUT2D eigenvalue weighted by Gasteiger charge is -2.22. The molecule has 1 aliphatic rings. The van der Waals surface area contributed by atoms with E-state index in [2.05, 4.69) is 38.1 Å². The quantitative estimate of drug-likeness (QED) is 0.830. The first-order chi connectivity index (χ1) is 10.1. The first-order valence-electron chi connectivity index (χ1n) is 7.46. The maximum absolute atomic E-state index is 6.06. The number of hydrogen-bond acceptors (Lipinski definition) is 4. The van der Waals surface area contributed by atoms with Crippen LogP contribution in [-0.2, 0) is 0 Å². The molecule has 4 nitrogen and oxygen atoms in total. The number of aromatic nitrogens is 1. The molecule has 3 rings (SSSR count). The van der Waals surface area contributed by atoms with Gasteiger partial charge in [0.25, 0.3) is 0 Å². The molecule has 1 unspecified atom stereocenters. The van der Waals surface area contributed by atoms with Gasteiger partial charge in [-0.3, -0.25) is 4.98 Å². The Morgan fingerprint density at radius 2 is 2.14 bits per heavy atom. The summed E-state index contributed by atoms with van der Waals surface area (Å²) in [6.07, 6.45) is 4.47. The van der Waals surface area contributed by atoms with Gasteiger partial charge in [-0.15, -0.1) is 0 Å². The lowest BCUT2D eigenvalue weighted by atomic mass is 10.1. The van der Waals surface area contributed by atoms with Crippen LogP contribution in [0.2, 0.25) is 0 Å². The summed E-state index contributed by atoms with van der Waals surface area (Å²) in [6, 6.07) is 6.38. The van der Waals surface area contributed by atoms with Crippen LogP contribution in [0.4, 0.5) is 11.4 Å². The van der Waals surface area contributed by atoms with Crippen molar-refractivity contribution < 1.29 is 0 Å². The highest BCUT2D eigenvalue weighted by molar-refractivity contribution is 9.10. The van der Waals surface area contributed by atoms with E-state index in [9.17, 15) is 0 Å². The molecule has 1 aliphatic heterocycles. The average molecular weight is 349 g/mol. The Kier molecular flexibility index (Phi) is 4.31. The van der Waals surface area contributed by atoms with Crippen LogP contribution in [0.25, 0.3) is 10.9 Å². The minimum Gasteiger partial charge on any atom is -0.398 e. The summed E-state index contributed by atoms with van der Waals surface area (Å²) in [7, 11) is 0. The van der Waals surface area contributed by atoms with Gasteiger partial charge in [-0.1, -0.05) is 0 Å². The van der Waals surface area contributed by atoms with Crippen LogP contribution in [0, 0.1) is 0 Å². The van der Waals surface area contributed by atoms with Crippen LogP contribution in [0.5, 0.6) is 0 Å². The van der Waals surface area contributed by atoms with Gasteiger partial charge in [0, 0.05) is 34.3 Å². The number of nitrogens with two attached hydrogens (primary N) is 1. The first-order valence-corrected chi connectivity index (χ1v) is 8.25. The molecule has 0 radical (unpaired) electrons. The molecule has 1 aromatic carbocycles.